The lowest BCUT2D eigenvalue weighted by Gasteiger charge is -2.39. The van der Waals surface area contributed by atoms with E-state index in [1.807, 2.05) is 35.2 Å². The Kier molecular flexibility index (Phi) is 13.7. The van der Waals surface area contributed by atoms with E-state index in [4.69, 9.17) is 11.6 Å². The number of fused-ring (bicyclic) bond motifs is 2. The molecule has 2 fully saturated rings. The van der Waals surface area contributed by atoms with Gasteiger partial charge in [0.05, 0.1) is 39.9 Å². The number of pyridine rings is 1. The van der Waals surface area contributed by atoms with E-state index in [0.29, 0.717) is 97.4 Å². The minimum absolute atomic E-state index is 0.0150. The van der Waals surface area contributed by atoms with E-state index in [9.17, 15) is 24.3 Å². The van der Waals surface area contributed by atoms with Crippen LogP contribution in [0, 0.1) is 5.92 Å². The van der Waals surface area contributed by atoms with Gasteiger partial charge in [-0.15, -0.1) is 0 Å². The molecular formula is C43H48ClIN8O5. The fourth-order valence-electron chi connectivity index (χ4n) is 7.77. The molecule has 0 spiro atoms. The van der Waals surface area contributed by atoms with Crippen LogP contribution < -0.4 is 16.2 Å². The fraction of sp³-hybridized carbons (Fsp3) is 0.395. The van der Waals surface area contributed by atoms with E-state index in [-0.39, 0.29) is 35.7 Å². The van der Waals surface area contributed by atoms with Crippen molar-refractivity contribution < 1.29 is 19.5 Å². The van der Waals surface area contributed by atoms with Crippen LogP contribution in [0.2, 0.25) is 5.02 Å². The zero-order valence-electron chi connectivity index (χ0n) is 32.3. The molecule has 4 heterocycles. The largest absolute Gasteiger partial charge is 0.388 e. The lowest BCUT2D eigenvalue weighted by Crippen LogP contribution is -2.51. The molecule has 1 atom stereocenters. The maximum atomic E-state index is 14.0. The number of benzene rings is 3. The predicted octanol–water partition coefficient (Wildman–Crippen LogP) is 5.32. The van der Waals surface area contributed by atoms with Gasteiger partial charge >= 0.3 is 0 Å². The summed E-state index contributed by atoms with van der Waals surface area (Å²) in [6, 6.07) is 21.9. The molecule has 7 rings (SSSR count). The summed E-state index contributed by atoms with van der Waals surface area (Å²) >= 11 is 8.58. The van der Waals surface area contributed by atoms with Gasteiger partial charge in [-0.2, -0.15) is 0 Å². The minimum atomic E-state index is -1.20. The van der Waals surface area contributed by atoms with Crippen LogP contribution >= 0.6 is 34.5 Å². The van der Waals surface area contributed by atoms with Gasteiger partial charge in [-0.1, -0.05) is 48.0 Å². The van der Waals surface area contributed by atoms with Crippen LogP contribution in [0.15, 0.2) is 90.1 Å². The molecule has 0 radical (unpaired) electrons. The molecule has 13 nitrogen and oxygen atoms in total. The third kappa shape index (κ3) is 10.6. The summed E-state index contributed by atoms with van der Waals surface area (Å²) in [6.45, 7) is 5.70. The SMILES string of the molecule is O=C(CCN1CCN(I)CC1)Nc1ccc2c(=O)n(CC3(O)CCN(C(=O)C(CCCNC(=O)c4ccc5c(Cl)ccnc5c4)Cc4ccccc4)CC3)cnc2c1. The first-order valence-corrected chi connectivity index (χ1v) is 21.2. The molecular weight excluding hydrogens is 871 g/mol. The van der Waals surface area contributed by atoms with Gasteiger partial charge in [-0.05, 0) is 74.1 Å². The molecule has 2 aromatic heterocycles. The number of anilines is 1. The summed E-state index contributed by atoms with van der Waals surface area (Å²) in [5, 5.41) is 19.3. The van der Waals surface area contributed by atoms with Crippen molar-refractivity contribution in [2.45, 2.75) is 50.7 Å². The molecule has 0 aliphatic carbocycles. The first kappa shape index (κ1) is 41.7. The number of likely N-dealkylation sites (tertiary alicyclic amines) is 1. The Labute approximate surface area is 356 Å². The lowest BCUT2D eigenvalue weighted by molar-refractivity contribution is -0.140. The summed E-state index contributed by atoms with van der Waals surface area (Å²) in [7, 11) is 0. The van der Waals surface area contributed by atoms with Gasteiger partial charge in [0.25, 0.3) is 11.5 Å². The zero-order chi connectivity index (χ0) is 40.6. The van der Waals surface area contributed by atoms with Crippen molar-refractivity contribution in [2.75, 3.05) is 57.7 Å². The number of halogens is 2. The Bertz CT molecular complexity index is 2310. The Balaban J connectivity index is 0.921. The van der Waals surface area contributed by atoms with Crippen molar-refractivity contribution >= 4 is 79.7 Å². The molecule has 2 aliphatic heterocycles. The van der Waals surface area contributed by atoms with E-state index < -0.39 is 5.60 Å². The summed E-state index contributed by atoms with van der Waals surface area (Å²) in [5.74, 6) is -0.599. The van der Waals surface area contributed by atoms with E-state index in [2.05, 4.69) is 51.5 Å². The van der Waals surface area contributed by atoms with Gasteiger partial charge in [0.2, 0.25) is 11.8 Å². The smallest absolute Gasteiger partial charge is 0.261 e. The second kappa shape index (κ2) is 19.1. The first-order chi connectivity index (χ1) is 28.0. The van der Waals surface area contributed by atoms with Gasteiger partial charge in [-0.3, -0.25) is 28.7 Å². The molecule has 3 amide bonds. The number of carbonyl (C=O) groups is 3. The number of piperidine rings is 1. The summed E-state index contributed by atoms with van der Waals surface area (Å²) in [5.41, 5.74) is 1.76. The Morgan fingerprint density at radius 1 is 0.897 bits per heavy atom. The van der Waals surface area contributed by atoms with Gasteiger partial charge in [0.1, 0.15) is 0 Å². The van der Waals surface area contributed by atoms with Crippen molar-refractivity contribution in [1.29, 1.82) is 0 Å². The normalized spacial score (nSPS) is 16.6. The van der Waals surface area contributed by atoms with E-state index in [0.717, 1.165) is 37.1 Å². The number of aliphatic hydroxyl groups is 1. The summed E-state index contributed by atoms with van der Waals surface area (Å²) in [6.07, 6.45) is 5.79. The number of nitrogens with zero attached hydrogens (tertiary/aromatic N) is 6. The van der Waals surface area contributed by atoms with Crippen molar-refractivity contribution in [2.24, 2.45) is 5.92 Å². The zero-order valence-corrected chi connectivity index (χ0v) is 35.2. The molecule has 304 valence electrons. The van der Waals surface area contributed by atoms with Crippen LogP contribution in [-0.2, 0) is 22.6 Å². The third-order valence-electron chi connectivity index (χ3n) is 11.2. The second-order valence-corrected chi connectivity index (χ2v) is 17.1. The number of nitrogens with one attached hydrogen (secondary N) is 2. The highest BCUT2D eigenvalue weighted by Gasteiger charge is 2.36. The van der Waals surface area contributed by atoms with Crippen LogP contribution in [0.1, 0.15) is 48.0 Å². The minimum Gasteiger partial charge on any atom is -0.388 e. The van der Waals surface area contributed by atoms with Crippen LogP contribution in [0.25, 0.3) is 21.8 Å². The number of hydrogen-bond acceptors (Lipinski definition) is 9. The molecule has 3 N–H and O–H groups in total. The van der Waals surface area contributed by atoms with Crippen molar-refractivity contribution in [3.05, 3.63) is 112 Å². The standard InChI is InChI=1S/C43H48ClIN8O5/c44-36-12-17-46-37-26-31(8-10-34(36)37)40(55)47-16-4-7-32(25-30-5-2-1-3-6-30)41(56)51-19-14-43(58,15-20-51)28-52-29-48-38-27-33(9-11-35(38)42(52)57)49-39(54)13-18-50-21-23-53(45)24-22-50/h1-3,5-6,8-12,17,26-27,29,32,58H,4,7,13-16,18-25,28H2,(H,47,55)(H,49,54). The molecule has 0 bridgehead atoms. The van der Waals surface area contributed by atoms with Crippen LogP contribution in [0.5, 0.6) is 0 Å². The maximum Gasteiger partial charge on any atom is 0.261 e. The summed E-state index contributed by atoms with van der Waals surface area (Å²) < 4.78 is 3.68. The molecule has 0 saturated carbocycles. The molecule has 5 aromatic rings. The second-order valence-electron chi connectivity index (χ2n) is 15.3. The molecule has 58 heavy (non-hydrogen) atoms. The van der Waals surface area contributed by atoms with Crippen molar-refractivity contribution in [3.8, 4) is 0 Å². The maximum absolute atomic E-state index is 14.0. The number of piperazine rings is 1. The topological polar surface area (TPSA) is 153 Å². The number of rotatable bonds is 14. The number of amides is 3. The molecule has 2 saturated heterocycles. The lowest BCUT2D eigenvalue weighted by atomic mass is 9.88. The Morgan fingerprint density at radius 3 is 2.41 bits per heavy atom. The first-order valence-electron chi connectivity index (χ1n) is 19.8. The number of hydrogen-bond donors (Lipinski definition) is 3. The van der Waals surface area contributed by atoms with Crippen LogP contribution in [0.4, 0.5) is 5.69 Å². The average molecular weight is 919 g/mol. The number of carbonyl (C=O) groups excluding carboxylic acids is 3. The number of aromatic nitrogens is 3. The van der Waals surface area contributed by atoms with Crippen LogP contribution in [0.3, 0.4) is 0 Å². The van der Waals surface area contributed by atoms with Gasteiger partial charge in [0.15, 0.2) is 0 Å². The van der Waals surface area contributed by atoms with E-state index >= 15 is 0 Å². The third-order valence-corrected chi connectivity index (χ3v) is 12.5. The van der Waals surface area contributed by atoms with E-state index in [1.54, 1.807) is 48.7 Å². The van der Waals surface area contributed by atoms with Gasteiger partial charge < -0.3 is 25.5 Å². The highest BCUT2D eigenvalue weighted by atomic mass is 127. The summed E-state index contributed by atoms with van der Waals surface area (Å²) in [4.78, 5) is 66.2. The predicted molar refractivity (Wildman–Crippen MR) is 234 cm³/mol. The van der Waals surface area contributed by atoms with Crippen molar-refractivity contribution in [1.82, 2.24) is 32.8 Å². The monoisotopic (exact) mass is 918 g/mol. The van der Waals surface area contributed by atoms with Crippen molar-refractivity contribution in [3.63, 3.8) is 0 Å². The highest BCUT2D eigenvalue weighted by Crippen LogP contribution is 2.28. The molecule has 15 heteroatoms. The molecule has 1 unspecified atom stereocenters. The van der Waals surface area contributed by atoms with E-state index in [1.165, 1.54) is 10.9 Å². The molecule has 3 aromatic carbocycles. The quantitative estimate of drug-likeness (QED) is 0.0765. The highest BCUT2D eigenvalue weighted by molar-refractivity contribution is 14.1. The average Bonchev–Trinajstić information content (AvgIpc) is 3.23. The van der Waals surface area contributed by atoms with Crippen LogP contribution in [-0.4, -0.2) is 108 Å². The fourth-order valence-corrected chi connectivity index (χ4v) is 8.42. The molecule has 2 aliphatic rings. The Morgan fingerprint density at radius 2 is 1.64 bits per heavy atom. The van der Waals surface area contributed by atoms with Gasteiger partial charge in [-0.25, -0.2) is 8.10 Å². The van der Waals surface area contributed by atoms with Gasteiger partial charge in [0, 0.05) is 110 Å². The Hall–Kier alpha value is -4.48.